The minimum Gasteiger partial charge on any atom is -0.365 e. The highest BCUT2D eigenvalue weighted by Gasteiger charge is 1.58. The van der Waals surface area contributed by atoms with Crippen molar-refractivity contribution >= 4 is 30.1 Å². The third-order valence-electron chi connectivity index (χ3n) is 0.0408. The molecule has 0 aromatic carbocycles. The van der Waals surface area contributed by atoms with Gasteiger partial charge in [0.2, 0.25) is 0 Å². The molecule has 1 N–H and O–H groups in total. The molecule has 0 spiro atoms. The smallest absolute Gasteiger partial charge is 0.0811 e. The highest BCUT2D eigenvalue weighted by atomic mass is 33.3. The van der Waals surface area contributed by atoms with Crippen molar-refractivity contribution in [3.8, 4) is 0 Å². The largest absolute Gasteiger partial charge is 0.365 e. The Kier molecular flexibility index (Phi) is 5.20. The van der Waals surface area contributed by atoms with Crippen molar-refractivity contribution in [2.45, 2.75) is 0 Å². The van der Waals surface area contributed by atoms with E-state index in [1.54, 1.807) is 0 Å². The van der Waals surface area contributed by atoms with Crippen molar-refractivity contribution in [2.75, 3.05) is 0 Å². The van der Waals surface area contributed by atoms with Crippen LogP contribution in [0.3, 0.4) is 0 Å². The van der Waals surface area contributed by atoms with E-state index in [1.165, 1.54) is 0 Å². The van der Waals surface area contributed by atoms with Gasteiger partial charge in [-0.2, -0.15) is 0 Å². The molecule has 4 heteroatoms. The van der Waals surface area contributed by atoms with Crippen LogP contribution in [0.5, 0.6) is 0 Å². The molecule has 0 aliphatic heterocycles. The molecule has 0 aromatic heterocycles. The van der Waals surface area contributed by atoms with Crippen LogP contribution in [0.1, 0.15) is 0 Å². The average Bonchev–Trinajstić information content (AvgIpc) is 1.37. The van der Waals surface area contributed by atoms with Crippen molar-refractivity contribution in [2.24, 2.45) is 0 Å². The first kappa shape index (κ1) is 5.09. The molecular formula is H3OPS2. The Balaban J connectivity index is 1.97. The molecule has 0 amide bonds. The lowest BCUT2D eigenvalue weighted by Crippen LogP contribution is -1.14. The van der Waals surface area contributed by atoms with E-state index < -0.39 is 0 Å². The molecule has 0 bridgehead atoms. The second kappa shape index (κ2) is 4.09. The van der Waals surface area contributed by atoms with Crippen LogP contribution >= 0.6 is 30.1 Å². The van der Waals surface area contributed by atoms with Crippen LogP contribution in [0.25, 0.3) is 0 Å². The fourth-order valence-electron chi connectivity index (χ4n) is 0. The summed E-state index contributed by atoms with van der Waals surface area (Å²) in [5.41, 5.74) is 0. The maximum atomic E-state index is 7.79. The van der Waals surface area contributed by atoms with Gasteiger partial charge in [0, 0.05) is 0 Å². The fraction of sp³-hybridized carbons (Fsp3) is 0. The van der Waals surface area contributed by atoms with E-state index in [1.807, 2.05) is 0 Å². The SMILES string of the molecule is OPSS. The normalized spacial score (nSPS) is 10.5. The maximum absolute atomic E-state index is 7.79. The Morgan fingerprint density at radius 3 is 2.25 bits per heavy atom. The number of hydrogen-bond donors (Lipinski definition) is 2. The summed E-state index contributed by atoms with van der Waals surface area (Å²) in [5.74, 6) is 0. The summed E-state index contributed by atoms with van der Waals surface area (Å²) in [7, 11) is 1.06. The van der Waals surface area contributed by atoms with Crippen LogP contribution in [-0.2, 0) is 0 Å². The van der Waals surface area contributed by atoms with Gasteiger partial charge in [0.25, 0.3) is 0 Å². The van der Waals surface area contributed by atoms with Gasteiger partial charge < -0.3 is 4.89 Å². The second-order valence-corrected chi connectivity index (χ2v) is 3.29. The molecule has 0 aliphatic rings. The molecule has 0 aromatic rings. The molecule has 0 heterocycles. The molecule has 1 unspecified atom stereocenters. The highest BCUT2D eigenvalue weighted by molar-refractivity contribution is 8.90. The molecule has 0 saturated heterocycles. The number of hydrogen-bond acceptors (Lipinski definition) is 3. The van der Waals surface area contributed by atoms with Gasteiger partial charge >= 0.3 is 0 Å². The van der Waals surface area contributed by atoms with Crippen LogP contribution < -0.4 is 0 Å². The summed E-state index contributed by atoms with van der Waals surface area (Å²) in [6.07, 6.45) is 0. The third kappa shape index (κ3) is 3.09. The van der Waals surface area contributed by atoms with Crippen LogP contribution in [0, 0.1) is 0 Å². The van der Waals surface area contributed by atoms with Crippen LogP contribution in [0.2, 0.25) is 0 Å². The van der Waals surface area contributed by atoms with E-state index in [4.69, 9.17) is 4.89 Å². The Labute approximate surface area is 35.6 Å². The van der Waals surface area contributed by atoms with Gasteiger partial charge in [-0.1, -0.05) is 0 Å². The average molecular weight is 114 g/mol. The zero-order valence-corrected chi connectivity index (χ0v) is 4.51. The lowest BCUT2D eigenvalue weighted by Gasteiger charge is -1.68. The Morgan fingerprint density at radius 1 is 2.00 bits per heavy atom. The Morgan fingerprint density at radius 2 is 2.25 bits per heavy atom. The van der Waals surface area contributed by atoms with E-state index in [0.29, 0.717) is 0 Å². The molecular weight excluding hydrogens is 111 g/mol. The van der Waals surface area contributed by atoms with E-state index >= 15 is 0 Å². The van der Waals surface area contributed by atoms with E-state index in [9.17, 15) is 0 Å². The lowest BCUT2D eigenvalue weighted by atomic mass is 15.9. The summed E-state index contributed by atoms with van der Waals surface area (Å²) in [6, 6.07) is 0. The van der Waals surface area contributed by atoms with Crippen LogP contribution in [-0.4, -0.2) is 4.89 Å². The van der Waals surface area contributed by atoms with Crippen molar-refractivity contribution in [3.05, 3.63) is 0 Å². The number of rotatable bonds is 1. The monoisotopic (exact) mass is 114 g/mol. The molecule has 1 atom stereocenters. The molecule has 0 saturated carbocycles. The number of thiol groups is 1. The van der Waals surface area contributed by atoms with Gasteiger partial charge in [-0.25, -0.2) is 0 Å². The standard InChI is InChI=1S/H3OPS2/c1-2-4-3/h1-3H. The maximum Gasteiger partial charge on any atom is 0.0811 e. The first-order valence-electron chi connectivity index (χ1n) is 0.610. The second-order valence-electron chi connectivity index (χ2n) is 0.183. The summed E-state index contributed by atoms with van der Waals surface area (Å²) in [5, 5.41) is 0. The van der Waals surface area contributed by atoms with Crippen LogP contribution in [0.15, 0.2) is 0 Å². The van der Waals surface area contributed by atoms with Crippen molar-refractivity contribution in [3.63, 3.8) is 0 Å². The molecule has 0 radical (unpaired) electrons. The fourth-order valence-corrected chi connectivity index (χ4v) is 0. The van der Waals surface area contributed by atoms with Gasteiger partial charge in [0.15, 0.2) is 0 Å². The summed E-state index contributed by atoms with van der Waals surface area (Å²) in [4.78, 5) is 7.79. The molecule has 0 fully saturated rings. The molecule has 4 heavy (non-hydrogen) atoms. The minimum absolute atomic E-state index is 0.0787. The van der Waals surface area contributed by atoms with Gasteiger partial charge in [-0.15, -0.1) is 11.7 Å². The quantitative estimate of drug-likeness (QED) is 0.302. The van der Waals surface area contributed by atoms with Crippen molar-refractivity contribution < 1.29 is 4.89 Å². The van der Waals surface area contributed by atoms with E-state index in [2.05, 4.69) is 11.7 Å². The van der Waals surface area contributed by atoms with E-state index in [0.717, 1.165) is 10.4 Å². The predicted octanol–water partition coefficient (Wildman–Crippen LogP) is 1.07. The predicted molar refractivity (Wildman–Crippen MR) is 27.1 cm³/mol. The summed E-state index contributed by atoms with van der Waals surface area (Å²) < 4.78 is 0. The Hall–Kier alpha value is 1.09. The molecule has 0 rings (SSSR count). The van der Waals surface area contributed by atoms with Gasteiger partial charge in [0.05, 0.1) is 8.01 Å². The first-order valence-corrected chi connectivity index (χ1v) is 4.15. The molecule has 1 nitrogen and oxygen atoms in total. The van der Waals surface area contributed by atoms with Gasteiger partial charge in [-0.05, 0) is 10.4 Å². The van der Waals surface area contributed by atoms with E-state index in [-0.39, 0.29) is 8.01 Å². The van der Waals surface area contributed by atoms with Gasteiger partial charge in [0.1, 0.15) is 0 Å². The summed E-state index contributed by atoms with van der Waals surface area (Å²) in [6.45, 7) is 0. The van der Waals surface area contributed by atoms with Crippen molar-refractivity contribution in [1.82, 2.24) is 0 Å². The zero-order valence-electron chi connectivity index (χ0n) is 1.80. The Bertz CT molecular complexity index is 8.00. The molecule has 0 aliphatic carbocycles. The first-order chi connectivity index (χ1) is 1.91. The van der Waals surface area contributed by atoms with Crippen molar-refractivity contribution in [1.29, 1.82) is 0 Å². The minimum atomic E-state index is -0.0787. The third-order valence-corrected chi connectivity index (χ3v) is 1.10. The highest BCUT2D eigenvalue weighted by Crippen LogP contribution is 2.26. The molecule has 26 valence electrons. The topological polar surface area (TPSA) is 20.2 Å². The summed E-state index contributed by atoms with van der Waals surface area (Å²) >= 11 is 3.60. The zero-order chi connectivity index (χ0) is 3.41. The lowest BCUT2D eigenvalue weighted by molar-refractivity contribution is 0.660. The van der Waals surface area contributed by atoms with Gasteiger partial charge in [-0.3, -0.25) is 0 Å². The van der Waals surface area contributed by atoms with Crippen LogP contribution in [0.4, 0.5) is 0 Å².